The first kappa shape index (κ1) is 12.4. The molecule has 1 nitrogen and oxygen atoms in total. The summed E-state index contributed by atoms with van der Waals surface area (Å²) in [4.78, 5) is 0. The van der Waals surface area contributed by atoms with Gasteiger partial charge in [-0.15, -0.1) is 0 Å². The quantitative estimate of drug-likeness (QED) is 0.445. The molecule has 0 bridgehead atoms. The van der Waals surface area contributed by atoms with Crippen LogP contribution in [0.5, 0.6) is 0 Å². The maximum atomic E-state index is 11.9. The largest absolute Gasteiger partial charge is 0.476 e. The van der Waals surface area contributed by atoms with E-state index in [2.05, 4.69) is 4.74 Å². The summed E-state index contributed by atoms with van der Waals surface area (Å²) >= 11 is 2.04. The Labute approximate surface area is 72.6 Å². The summed E-state index contributed by atoms with van der Waals surface area (Å²) < 4.78 is 83.4. The first-order valence-corrected chi connectivity index (χ1v) is 2.90. The molecule has 78 valence electrons. The van der Waals surface area contributed by atoms with Crippen LogP contribution >= 0.6 is 12.6 Å². The van der Waals surface area contributed by atoms with E-state index in [1.165, 1.54) is 0 Å². The van der Waals surface area contributed by atoms with Crippen molar-refractivity contribution in [1.82, 2.24) is 0 Å². The van der Waals surface area contributed by atoms with E-state index in [9.17, 15) is 30.7 Å². The predicted octanol–water partition coefficient (Wildman–Crippen LogP) is 3.15. The van der Waals surface area contributed by atoms with Crippen LogP contribution in [-0.4, -0.2) is 11.4 Å². The minimum absolute atomic E-state index is 2.04. The zero-order chi connectivity index (χ0) is 10.9. The molecule has 0 saturated heterocycles. The fourth-order valence-corrected chi connectivity index (χ4v) is 0.258. The average Bonchev–Trinajstić information content (AvgIpc) is 1.83. The zero-order valence-electron chi connectivity index (χ0n) is 5.50. The summed E-state index contributed by atoms with van der Waals surface area (Å²) in [6, 6.07) is -3.07. The predicted molar refractivity (Wildman–Crippen MR) is 30.3 cm³/mol. The monoisotopic (exact) mass is 230 g/mol. The van der Waals surface area contributed by atoms with Crippen molar-refractivity contribution in [1.29, 1.82) is 0 Å². The van der Waals surface area contributed by atoms with Crippen LogP contribution < -0.4 is 0 Å². The summed E-state index contributed by atoms with van der Waals surface area (Å²) in [7, 11) is 0. The highest BCUT2D eigenvalue weighted by atomic mass is 32.1. The molecule has 13 heavy (non-hydrogen) atoms. The van der Waals surface area contributed by atoms with Crippen molar-refractivity contribution in [3.8, 4) is 0 Å². The molecular formula is C4HF7OS. The molecule has 0 aliphatic rings. The van der Waals surface area contributed by atoms with Crippen LogP contribution in [0.2, 0.25) is 0 Å². The number of halogens is 7. The molecule has 9 heteroatoms. The van der Waals surface area contributed by atoms with Crippen LogP contribution in [0.4, 0.5) is 30.7 Å². The van der Waals surface area contributed by atoms with Gasteiger partial charge in [-0.2, -0.15) is 30.7 Å². The second-order valence-electron chi connectivity index (χ2n) is 1.69. The van der Waals surface area contributed by atoms with Gasteiger partial charge in [-0.25, -0.2) is 0 Å². The molecule has 0 rings (SSSR count). The first-order chi connectivity index (χ1) is 5.58. The Bertz CT molecular complexity index is 215. The van der Waals surface area contributed by atoms with Crippen molar-refractivity contribution >= 4 is 12.6 Å². The maximum absolute atomic E-state index is 11.9. The van der Waals surface area contributed by atoms with E-state index in [-0.39, 0.29) is 0 Å². The summed E-state index contributed by atoms with van der Waals surface area (Å²) in [5, 5.41) is -5.06. The number of thiol groups is 1. The molecule has 0 amide bonds. The SMILES string of the molecule is FC(F)=C(F)OC(F)(F)C(F)(F)S. The standard InChI is InChI=1S/C4HF7OS/c5-1(6)2(7)12-3(8,9)4(10,11)13/h13H. The van der Waals surface area contributed by atoms with Crippen molar-refractivity contribution in [2.75, 3.05) is 0 Å². The molecule has 0 aromatic heterocycles. The van der Waals surface area contributed by atoms with E-state index < -0.39 is 23.5 Å². The third-order valence-corrected chi connectivity index (χ3v) is 0.977. The van der Waals surface area contributed by atoms with Crippen LogP contribution in [0.15, 0.2) is 12.1 Å². The van der Waals surface area contributed by atoms with Gasteiger partial charge in [-0.1, -0.05) is 12.6 Å². The van der Waals surface area contributed by atoms with E-state index >= 15 is 0 Å². The van der Waals surface area contributed by atoms with Gasteiger partial charge in [0, 0.05) is 0 Å². The Hall–Kier alpha value is -0.600. The molecule has 0 aliphatic carbocycles. The van der Waals surface area contributed by atoms with Gasteiger partial charge in [0.05, 0.1) is 0 Å². The van der Waals surface area contributed by atoms with E-state index in [0.29, 0.717) is 0 Å². The number of alkyl halides is 4. The molecule has 0 unspecified atom stereocenters. The van der Waals surface area contributed by atoms with Crippen molar-refractivity contribution in [3.63, 3.8) is 0 Å². The minimum Gasteiger partial charge on any atom is -0.397 e. The van der Waals surface area contributed by atoms with Gasteiger partial charge in [-0.3, -0.25) is 0 Å². The van der Waals surface area contributed by atoms with Crippen LogP contribution in [0.1, 0.15) is 0 Å². The van der Waals surface area contributed by atoms with Crippen molar-refractivity contribution in [2.24, 2.45) is 0 Å². The number of hydrogen-bond acceptors (Lipinski definition) is 2. The van der Waals surface area contributed by atoms with Crippen LogP contribution in [-0.2, 0) is 4.74 Å². The van der Waals surface area contributed by atoms with Gasteiger partial charge >= 0.3 is 23.5 Å². The molecule has 0 aromatic rings. The summed E-state index contributed by atoms with van der Waals surface area (Å²) in [6.07, 6.45) is -8.71. The van der Waals surface area contributed by atoms with Crippen molar-refractivity contribution in [3.05, 3.63) is 12.1 Å². The molecule has 0 radical (unpaired) electrons. The second-order valence-corrected chi connectivity index (χ2v) is 2.26. The number of hydrogen-bond donors (Lipinski definition) is 1. The molecule has 0 N–H and O–H groups in total. The number of ether oxygens (including phenoxy) is 1. The van der Waals surface area contributed by atoms with Gasteiger partial charge in [0.15, 0.2) is 0 Å². The first-order valence-electron chi connectivity index (χ1n) is 2.45. The third kappa shape index (κ3) is 3.33. The molecule has 0 aliphatic heterocycles. The van der Waals surface area contributed by atoms with Crippen LogP contribution in [0, 0.1) is 0 Å². The van der Waals surface area contributed by atoms with E-state index in [1.807, 2.05) is 12.6 Å². The molecule has 0 heterocycles. The Morgan fingerprint density at radius 2 is 1.38 bits per heavy atom. The van der Waals surface area contributed by atoms with Gasteiger partial charge < -0.3 is 4.74 Å². The van der Waals surface area contributed by atoms with Crippen LogP contribution in [0.25, 0.3) is 0 Å². The second kappa shape index (κ2) is 3.64. The lowest BCUT2D eigenvalue weighted by Gasteiger charge is -2.20. The average molecular weight is 230 g/mol. The zero-order valence-corrected chi connectivity index (χ0v) is 6.40. The highest BCUT2D eigenvalue weighted by Gasteiger charge is 2.58. The third-order valence-electron chi connectivity index (χ3n) is 0.717. The summed E-state index contributed by atoms with van der Waals surface area (Å²) in [5.74, 6) is 0. The van der Waals surface area contributed by atoms with Gasteiger partial charge in [0.2, 0.25) is 0 Å². The molecule has 0 atom stereocenters. The Morgan fingerprint density at radius 1 is 1.00 bits per heavy atom. The number of rotatable bonds is 3. The summed E-state index contributed by atoms with van der Waals surface area (Å²) in [6.45, 7) is 0. The van der Waals surface area contributed by atoms with Gasteiger partial charge in [0.25, 0.3) is 0 Å². The maximum Gasteiger partial charge on any atom is 0.476 e. The normalized spacial score (nSPS) is 12.6. The van der Waals surface area contributed by atoms with E-state index in [0.717, 1.165) is 0 Å². The van der Waals surface area contributed by atoms with E-state index in [1.54, 1.807) is 0 Å². The smallest absolute Gasteiger partial charge is 0.397 e. The minimum atomic E-state index is -5.44. The molecule has 0 saturated carbocycles. The topological polar surface area (TPSA) is 9.23 Å². The molecule has 0 fully saturated rings. The van der Waals surface area contributed by atoms with Crippen molar-refractivity contribution < 1.29 is 35.5 Å². The molecule has 0 aromatic carbocycles. The van der Waals surface area contributed by atoms with Crippen LogP contribution in [0.3, 0.4) is 0 Å². The van der Waals surface area contributed by atoms with Crippen molar-refractivity contribution in [2.45, 2.75) is 11.4 Å². The van der Waals surface area contributed by atoms with Gasteiger partial charge in [-0.05, 0) is 0 Å². The highest BCUT2D eigenvalue weighted by Crippen LogP contribution is 2.40. The van der Waals surface area contributed by atoms with Gasteiger partial charge in [0.1, 0.15) is 0 Å². The highest BCUT2D eigenvalue weighted by molar-refractivity contribution is 7.81. The fraction of sp³-hybridized carbons (Fsp3) is 0.500. The lowest BCUT2D eigenvalue weighted by atomic mass is 10.6. The molecule has 0 spiro atoms. The lowest BCUT2D eigenvalue weighted by Crippen LogP contribution is -2.37. The Balaban J connectivity index is 4.63. The fourth-order valence-electron chi connectivity index (χ4n) is 0.213. The molecular weight excluding hydrogens is 229 g/mol. The van der Waals surface area contributed by atoms with E-state index in [4.69, 9.17) is 0 Å². The Kier molecular flexibility index (Phi) is 3.47. The lowest BCUT2D eigenvalue weighted by molar-refractivity contribution is -0.305. The Morgan fingerprint density at radius 3 is 1.62 bits per heavy atom. The summed E-state index contributed by atoms with van der Waals surface area (Å²) in [5.41, 5.74) is 0.